The van der Waals surface area contributed by atoms with Gasteiger partial charge in [-0.3, -0.25) is 5.10 Å². The van der Waals surface area contributed by atoms with Crippen LogP contribution in [0.25, 0.3) is 11.3 Å². The smallest absolute Gasteiger partial charge is 0.353 e. The molecule has 0 saturated heterocycles. The van der Waals surface area contributed by atoms with Crippen LogP contribution >= 0.6 is 15.9 Å². The summed E-state index contributed by atoms with van der Waals surface area (Å²) in [5.41, 5.74) is 2.41. The quantitative estimate of drug-likeness (QED) is 0.910. The van der Waals surface area contributed by atoms with Crippen molar-refractivity contribution in [1.82, 2.24) is 10.2 Å². The van der Waals surface area contributed by atoms with Gasteiger partial charge in [0.1, 0.15) is 5.69 Å². The fourth-order valence-corrected chi connectivity index (χ4v) is 2.30. The third-order valence-corrected chi connectivity index (χ3v) is 3.12. The third kappa shape index (κ3) is 2.44. The lowest BCUT2D eigenvalue weighted by molar-refractivity contribution is 0.0690. The van der Waals surface area contributed by atoms with Crippen LogP contribution in [0.3, 0.4) is 0 Å². The van der Waals surface area contributed by atoms with Crippen LogP contribution in [0.4, 0.5) is 0 Å². The van der Waals surface area contributed by atoms with Gasteiger partial charge in [0.2, 0.25) is 0 Å². The number of aromatic amines is 1. The van der Waals surface area contributed by atoms with E-state index in [2.05, 4.69) is 26.1 Å². The molecule has 0 aliphatic carbocycles. The van der Waals surface area contributed by atoms with Crippen molar-refractivity contribution < 1.29 is 14.6 Å². The standard InChI is InChI=1S/C12H11BrN2O3/c1-18-6-7-3-2-4-8(13)11(7)9-5-10(12(16)17)15-14-9/h2-5H,6H2,1H3,(H,14,15)(H,16,17). The molecule has 0 bridgehead atoms. The molecule has 1 aromatic carbocycles. The zero-order valence-electron chi connectivity index (χ0n) is 9.61. The van der Waals surface area contributed by atoms with Gasteiger partial charge in [-0.05, 0) is 17.7 Å². The maximum absolute atomic E-state index is 10.8. The fraction of sp³-hybridized carbons (Fsp3) is 0.167. The Hall–Kier alpha value is -1.66. The number of aromatic carboxylic acids is 1. The largest absolute Gasteiger partial charge is 0.477 e. The van der Waals surface area contributed by atoms with Gasteiger partial charge in [0.15, 0.2) is 0 Å². The van der Waals surface area contributed by atoms with E-state index >= 15 is 0 Å². The van der Waals surface area contributed by atoms with Gasteiger partial charge in [0, 0.05) is 17.1 Å². The summed E-state index contributed by atoms with van der Waals surface area (Å²) in [5.74, 6) is -1.03. The van der Waals surface area contributed by atoms with Crippen molar-refractivity contribution in [1.29, 1.82) is 0 Å². The SMILES string of the molecule is COCc1cccc(Br)c1-c1cc(C(=O)O)[nH]n1. The van der Waals surface area contributed by atoms with Gasteiger partial charge in [-0.15, -0.1) is 0 Å². The van der Waals surface area contributed by atoms with Crippen LogP contribution in [0, 0.1) is 0 Å². The number of aromatic nitrogens is 2. The molecule has 0 aliphatic rings. The monoisotopic (exact) mass is 310 g/mol. The zero-order valence-corrected chi connectivity index (χ0v) is 11.2. The van der Waals surface area contributed by atoms with E-state index in [0.29, 0.717) is 12.3 Å². The zero-order chi connectivity index (χ0) is 13.1. The predicted octanol–water partition coefficient (Wildman–Crippen LogP) is 2.68. The highest BCUT2D eigenvalue weighted by Gasteiger charge is 2.14. The maximum Gasteiger partial charge on any atom is 0.353 e. The van der Waals surface area contributed by atoms with E-state index in [1.54, 1.807) is 7.11 Å². The number of hydrogen-bond acceptors (Lipinski definition) is 3. The second-order valence-electron chi connectivity index (χ2n) is 3.68. The van der Waals surface area contributed by atoms with Crippen LogP contribution in [0.2, 0.25) is 0 Å². The van der Waals surface area contributed by atoms with Crippen LogP contribution in [-0.4, -0.2) is 28.4 Å². The van der Waals surface area contributed by atoms with Crippen molar-refractivity contribution in [3.05, 3.63) is 40.0 Å². The molecular weight excluding hydrogens is 300 g/mol. The lowest BCUT2D eigenvalue weighted by Gasteiger charge is -2.08. The van der Waals surface area contributed by atoms with Gasteiger partial charge in [0.05, 0.1) is 12.3 Å². The van der Waals surface area contributed by atoms with Gasteiger partial charge in [-0.25, -0.2) is 4.79 Å². The van der Waals surface area contributed by atoms with Crippen LogP contribution in [0.15, 0.2) is 28.7 Å². The normalized spacial score (nSPS) is 10.6. The van der Waals surface area contributed by atoms with Gasteiger partial charge in [-0.2, -0.15) is 5.10 Å². The van der Waals surface area contributed by atoms with E-state index in [0.717, 1.165) is 15.6 Å². The van der Waals surface area contributed by atoms with E-state index in [9.17, 15) is 4.79 Å². The number of carbonyl (C=O) groups is 1. The Bertz CT molecular complexity index is 580. The van der Waals surface area contributed by atoms with E-state index in [4.69, 9.17) is 9.84 Å². The Balaban J connectivity index is 2.51. The highest BCUT2D eigenvalue weighted by atomic mass is 79.9. The number of nitrogens with zero attached hydrogens (tertiary/aromatic N) is 1. The van der Waals surface area contributed by atoms with Crippen molar-refractivity contribution in [2.45, 2.75) is 6.61 Å². The van der Waals surface area contributed by atoms with Gasteiger partial charge < -0.3 is 9.84 Å². The number of carboxylic acids is 1. The molecule has 2 rings (SSSR count). The number of carboxylic acid groups (broad SMARTS) is 1. The minimum absolute atomic E-state index is 0.0594. The Labute approximate surface area is 112 Å². The topological polar surface area (TPSA) is 75.2 Å². The van der Waals surface area contributed by atoms with Gasteiger partial charge >= 0.3 is 5.97 Å². The second kappa shape index (κ2) is 5.32. The molecule has 0 radical (unpaired) electrons. The first-order chi connectivity index (χ1) is 8.63. The third-order valence-electron chi connectivity index (χ3n) is 2.46. The summed E-state index contributed by atoms with van der Waals surface area (Å²) < 4.78 is 5.97. The summed E-state index contributed by atoms with van der Waals surface area (Å²) in [6.07, 6.45) is 0. The van der Waals surface area contributed by atoms with Crippen molar-refractivity contribution >= 4 is 21.9 Å². The molecule has 0 unspecified atom stereocenters. The molecule has 6 heteroatoms. The fourth-order valence-electron chi connectivity index (χ4n) is 1.69. The Kier molecular flexibility index (Phi) is 3.78. The Morgan fingerprint density at radius 3 is 2.94 bits per heavy atom. The molecule has 1 aromatic heterocycles. The minimum atomic E-state index is -1.03. The molecule has 0 saturated carbocycles. The molecule has 0 spiro atoms. The van der Waals surface area contributed by atoms with E-state index < -0.39 is 5.97 Å². The first-order valence-corrected chi connectivity index (χ1v) is 5.98. The van der Waals surface area contributed by atoms with Crippen LogP contribution in [-0.2, 0) is 11.3 Å². The first-order valence-electron chi connectivity index (χ1n) is 5.19. The molecule has 2 aromatic rings. The average molecular weight is 311 g/mol. The molecular formula is C12H11BrN2O3. The van der Waals surface area contributed by atoms with Crippen molar-refractivity contribution in [2.24, 2.45) is 0 Å². The van der Waals surface area contributed by atoms with E-state index in [-0.39, 0.29) is 5.69 Å². The molecule has 0 aliphatic heterocycles. The van der Waals surface area contributed by atoms with Crippen molar-refractivity contribution in [2.75, 3.05) is 7.11 Å². The maximum atomic E-state index is 10.8. The summed E-state index contributed by atoms with van der Waals surface area (Å²) in [6.45, 7) is 0.435. The number of H-pyrrole nitrogens is 1. The molecule has 2 N–H and O–H groups in total. The highest BCUT2D eigenvalue weighted by molar-refractivity contribution is 9.10. The number of halogens is 1. The summed E-state index contributed by atoms with van der Waals surface area (Å²) in [7, 11) is 1.61. The van der Waals surface area contributed by atoms with Crippen molar-refractivity contribution in [3.63, 3.8) is 0 Å². The average Bonchev–Trinajstić information content (AvgIpc) is 2.79. The first kappa shape index (κ1) is 12.8. The van der Waals surface area contributed by atoms with Crippen LogP contribution < -0.4 is 0 Å². The Morgan fingerprint density at radius 2 is 2.33 bits per heavy atom. The molecule has 5 nitrogen and oxygen atoms in total. The van der Waals surface area contributed by atoms with E-state index in [1.807, 2.05) is 18.2 Å². The number of ether oxygens (including phenoxy) is 1. The van der Waals surface area contributed by atoms with Crippen LogP contribution in [0.5, 0.6) is 0 Å². The predicted molar refractivity (Wildman–Crippen MR) is 69.4 cm³/mol. The number of hydrogen-bond donors (Lipinski definition) is 2. The number of rotatable bonds is 4. The summed E-state index contributed by atoms with van der Waals surface area (Å²) in [5, 5.41) is 15.4. The molecule has 0 atom stereocenters. The summed E-state index contributed by atoms with van der Waals surface area (Å²) in [6, 6.07) is 7.19. The van der Waals surface area contributed by atoms with Gasteiger partial charge in [-0.1, -0.05) is 28.1 Å². The molecule has 1 heterocycles. The summed E-state index contributed by atoms with van der Waals surface area (Å²) >= 11 is 3.44. The minimum Gasteiger partial charge on any atom is -0.477 e. The lowest BCUT2D eigenvalue weighted by atomic mass is 10.1. The lowest BCUT2D eigenvalue weighted by Crippen LogP contribution is -1.95. The number of nitrogens with one attached hydrogen (secondary N) is 1. The van der Waals surface area contributed by atoms with Crippen LogP contribution in [0.1, 0.15) is 16.1 Å². The second-order valence-corrected chi connectivity index (χ2v) is 4.53. The van der Waals surface area contributed by atoms with Gasteiger partial charge in [0.25, 0.3) is 0 Å². The molecule has 0 fully saturated rings. The molecule has 18 heavy (non-hydrogen) atoms. The molecule has 0 amide bonds. The number of methoxy groups -OCH3 is 1. The highest BCUT2D eigenvalue weighted by Crippen LogP contribution is 2.31. The molecule has 94 valence electrons. The Morgan fingerprint density at radius 1 is 1.56 bits per heavy atom. The summed E-state index contributed by atoms with van der Waals surface area (Å²) in [4.78, 5) is 10.8. The number of benzene rings is 1. The van der Waals surface area contributed by atoms with E-state index in [1.165, 1.54) is 6.07 Å². The van der Waals surface area contributed by atoms with Crippen molar-refractivity contribution in [3.8, 4) is 11.3 Å².